The van der Waals surface area contributed by atoms with E-state index in [0.717, 1.165) is 25.1 Å². The van der Waals surface area contributed by atoms with Gasteiger partial charge in [0.15, 0.2) is 0 Å². The van der Waals surface area contributed by atoms with E-state index in [-0.39, 0.29) is 6.61 Å². The predicted molar refractivity (Wildman–Crippen MR) is 61.6 cm³/mol. The molecule has 1 aromatic rings. The van der Waals surface area contributed by atoms with Crippen molar-refractivity contribution in [3.05, 3.63) is 29.6 Å². The number of pyridine rings is 1. The highest BCUT2D eigenvalue weighted by molar-refractivity contribution is 5.12. The van der Waals surface area contributed by atoms with Gasteiger partial charge in [-0.05, 0) is 31.4 Å². The molecular weight excluding hydrogens is 188 g/mol. The third kappa shape index (κ3) is 4.40. The van der Waals surface area contributed by atoms with Crippen molar-refractivity contribution < 1.29 is 5.11 Å². The van der Waals surface area contributed by atoms with Gasteiger partial charge in [-0.3, -0.25) is 4.98 Å². The number of hydrogen-bond donors (Lipinski definition) is 2. The van der Waals surface area contributed by atoms with E-state index in [1.165, 1.54) is 5.56 Å². The smallest absolute Gasteiger partial charge is 0.0445 e. The van der Waals surface area contributed by atoms with Crippen LogP contribution in [-0.4, -0.2) is 22.7 Å². The number of nitrogens with zero attached hydrogens (tertiary/aromatic N) is 1. The zero-order valence-corrected chi connectivity index (χ0v) is 9.53. The summed E-state index contributed by atoms with van der Waals surface area (Å²) in [6, 6.07) is 4.50. The van der Waals surface area contributed by atoms with E-state index < -0.39 is 0 Å². The van der Waals surface area contributed by atoms with Crippen LogP contribution in [0.5, 0.6) is 0 Å². The summed E-state index contributed by atoms with van der Waals surface area (Å²) in [4.78, 5) is 4.24. The number of aryl methyl sites for hydroxylation is 1. The Bertz CT molecular complexity index is 271. The minimum absolute atomic E-state index is 0.248. The first kappa shape index (κ1) is 12.1. The van der Waals surface area contributed by atoms with E-state index in [1.807, 2.05) is 19.2 Å². The highest BCUT2D eigenvalue weighted by Gasteiger charge is 2.04. The lowest BCUT2D eigenvalue weighted by Gasteiger charge is -2.15. The molecule has 0 aliphatic rings. The lowest BCUT2D eigenvalue weighted by molar-refractivity contribution is 0.262. The molecule has 0 amide bonds. The minimum atomic E-state index is 0.248. The molecule has 1 unspecified atom stereocenters. The molecule has 0 spiro atoms. The number of aliphatic hydroxyl groups is 1. The van der Waals surface area contributed by atoms with Crippen LogP contribution in [0.3, 0.4) is 0 Å². The van der Waals surface area contributed by atoms with Crippen LogP contribution in [-0.2, 0) is 6.54 Å². The van der Waals surface area contributed by atoms with Gasteiger partial charge in [-0.1, -0.05) is 13.0 Å². The zero-order chi connectivity index (χ0) is 11.1. The molecule has 1 atom stereocenters. The first-order chi connectivity index (χ1) is 7.26. The summed E-state index contributed by atoms with van der Waals surface area (Å²) in [5.74, 6) is 0. The summed E-state index contributed by atoms with van der Waals surface area (Å²) in [5.41, 5.74) is 2.23. The molecule has 0 radical (unpaired) electrons. The molecule has 1 heterocycles. The highest BCUT2D eigenvalue weighted by atomic mass is 16.3. The van der Waals surface area contributed by atoms with Crippen molar-refractivity contribution in [2.24, 2.45) is 0 Å². The molecule has 0 fully saturated rings. The third-order valence-electron chi connectivity index (χ3n) is 2.54. The zero-order valence-electron chi connectivity index (χ0n) is 9.53. The fourth-order valence-corrected chi connectivity index (χ4v) is 1.47. The summed E-state index contributed by atoms with van der Waals surface area (Å²) in [5, 5.41) is 12.3. The Hall–Kier alpha value is -0.930. The van der Waals surface area contributed by atoms with Crippen LogP contribution in [0.25, 0.3) is 0 Å². The quantitative estimate of drug-likeness (QED) is 0.747. The molecule has 3 nitrogen and oxygen atoms in total. The number of aliphatic hydroxyl groups excluding tert-OH is 1. The summed E-state index contributed by atoms with van der Waals surface area (Å²) in [6.45, 7) is 5.18. The Kier molecular flexibility index (Phi) is 5.29. The molecule has 0 bridgehead atoms. The molecule has 0 saturated carbocycles. The topological polar surface area (TPSA) is 45.1 Å². The van der Waals surface area contributed by atoms with Crippen LogP contribution >= 0.6 is 0 Å². The van der Waals surface area contributed by atoms with Gasteiger partial charge in [0.1, 0.15) is 0 Å². The van der Waals surface area contributed by atoms with E-state index in [0.29, 0.717) is 6.04 Å². The molecule has 2 N–H and O–H groups in total. The minimum Gasteiger partial charge on any atom is -0.396 e. The molecule has 0 saturated heterocycles. The Morgan fingerprint density at radius 3 is 2.80 bits per heavy atom. The van der Waals surface area contributed by atoms with Gasteiger partial charge in [0.25, 0.3) is 0 Å². The Labute approximate surface area is 91.5 Å². The Morgan fingerprint density at radius 1 is 1.47 bits per heavy atom. The van der Waals surface area contributed by atoms with Gasteiger partial charge in [0.2, 0.25) is 0 Å². The highest BCUT2D eigenvalue weighted by Crippen LogP contribution is 2.02. The number of hydrogen-bond acceptors (Lipinski definition) is 3. The molecule has 1 rings (SSSR count). The molecule has 15 heavy (non-hydrogen) atoms. The molecular formula is C12H20N2O. The monoisotopic (exact) mass is 208 g/mol. The van der Waals surface area contributed by atoms with E-state index >= 15 is 0 Å². The van der Waals surface area contributed by atoms with Crippen molar-refractivity contribution in [2.45, 2.75) is 39.3 Å². The van der Waals surface area contributed by atoms with Crippen molar-refractivity contribution in [3.63, 3.8) is 0 Å². The van der Waals surface area contributed by atoms with Gasteiger partial charge >= 0.3 is 0 Å². The van der Waals surface area contributed by atoms with Gasteiger partial charge in [0.05, 0.1) is 0 Å². The van der Waals surface area contributed by atoms with E-state index in [4.69, 9.17) is 5.11 Å². The molecule has 0 aliphatic heterocycles. The summed E-state index contributed by atoms with van der Waals surface area (Å²) < 4.78 is 0. The number of aromatic nitrogens is 1. The standard InChI is InChI=1S/C12H20N2O/c1-3-12(6-7-15)14-9-11-5-4-10(2)13-8-11/h4-5,8,12,14-15H,3,6-7,9H2,1-2H3. The molecule has 1 aromatic heterocycles. The van der Waals surface area contributed by atoms with Crippen LogP contribution in [0.1, 0.15) is 31.0 Å². The summed E-state index contributed by atoms with van der Waals surface area (Å²) in [6.07, 6.45) is 3.75. The fraction of sp³-hybridized carbons (Fsp3) is 0.583. The van der Waals surface area contributed by atoms with Crippen LogP contribution < -0.4 is 5.32 Å². The number of nitrogens with one attached hydrogen (secondary N) is 1. The fourth-order valence-electron chi connectivity index (χ4n) is 1.47. The summed E-state index contributed by atoms with van der Waals surface area (Å²) in [7, 11) is 0. The number of rotatable bonds is 6. The Balaban J connectivity index is 2.38. The lowest BCUT2D eigenvalue weighted by atomic mass is 10.1. The normalized spacial score (nSPS) is 12.7. The van der Waals surface area contributed by atoms with Crippen molar-refractivity contribution in [1.29, 1.82) is 0 Å². The maximum Gasteiger partial charge on any atom is 0.0445 e. The first-order valence-electron chi connectivity index (χ1n) is 5.52. The van der Waals surface area contributed by atoms with Crippen molar-refractivity contribution >= 4 is 0 Å². The van der Waals surface area contributed by atoms with Gasteiger partial charge in [-0.15, -0.1) is 0 Å². The second kappa shape index (κ2) is 6.53. The van der Waals surface area contributed by atoms with Crippen molar-refractivity contribution in [3.8, 4) is 0 Å². The average molecular weight is 208 g/mol. The SMILES string of the molecule is CCC(CCO)NCc1ccc(C)nc1. The lowest BCUT2D eigenvalue weighted by Crippen LogP contribution is -2.28. The van der Waals surface area contributed by atoms with Gasteiger partial charge in [-0.25, -0.2) is 0 Å². The first-order valence-corrected chi connectivity index (χ1v) is 5.52. The Morgan fingerprint density at radius 2 is 2.27 bits per heavy atom. The third-order valence-corrected chi connectivity index (χ3v) is 2.54. The predicted octanol–water partition coefficient (Wildman–Crippen LogP) is 1.64. The van der Waals surface area contributed by atoms with Crippen LogP contribution in [0, 0.1) is 6.92 Å². The van der Waals surface area contributed by atoms with Gasteiger partial charge in [-0.2, -0.15) is 0 Å². The van der Waals surface area contributed by atoms with Crippen LogP contribution in [0.15, 0.2) is 18.3 Å². The van der Waals surface area contributed by atoms with E-state index in [1.54, 1.807) is 0 Å². The second-order valence-corrected chi connectivity index (χ2v) is 3.81. The van der Waals surface area contributed by atoms with E-state index in [9.17, 15) is 0 Å². The van der Waals surface area contributed by atoms with E-state index in [2.05, 4.69) is 23.3 Å². The molecule has 0 aromatic carbocycles. The van der Waals surface area contributed by atoms with Crippen LogP contribution in [0.2, 0.25) is 0 Å². The van der Waals surface area contributed by atoms with Crippen molar-refractivity contribution in [1.82, 2.24) is 10.3 Å². The molecule has 3 heteroatoms. The van der Waals surface area contributed by atoms with Gasteiger partial charge in [0, 0.05) is 31.1 Å². The average Bonchev–Trinajstić information content (AvgIpc) is 2.26. The summed E-state index contributed by atoms with van der Waals surface area (Å²) >= 11 is 0. The van der Waals surface area contributed by atoms with Crippen molar-refractivity contribution in [2.75, 3.05) is 6.61 Å². The van der Waals surface area contributed by atoms with Gasteiger partial charge < -0.3 is 10.4 Å². The maximum absolute atomic E-state index is 8.85. The van der Waals surface area contributed by atoms with Crippen LogP contribution in [0.4, 0.5) is 0 Å². The molecule has 0 aliphatic carbocycles. The maximum atomic E-state index is 8.85. The second-order valence-electron chi connectivity index (χ2n) is 3.81. The molecule has 84 valence electrons. The largest absolute Gasteiger partial charge is 0.396 e.